The van der Waals surface area contributed by atoms with Gasteiger partial charge in [-0.2, -0.15) is 5.10 Å². The Labute approximate surface area is 146 Å². The molecule has 2 aromatic heterocycles. The Bertz CT molecular complexity index is 860. The van der Waals surface area contributed by atoms with E-state index in [1.807, 2.05) is 48.9 Å². The average molecular weight is 338 g/mol. The van der Waals surface area contributed by atoms with Gasteiger partial charge in [0.2, 0.25) is 0 Å². The van der Waals surface area contributed by atoms with E-state index in [1.165, 1.54) is 0 Å². The van der Waals surface area contributed by atoms with Gasteiger partial charge in [0.05, 0.1) is 18.3 Å². The number of nitrogens with one attached hydrogen (secondary N) is 1. The van der Waals surface area contributed by atoms with Gasteiger partial charge in [0, 0.05) is 24.2 Å². The lowest BCUT2D eigenvalue weighted by Crippen LogP contribution is -2.38. The van der Waals surface area contributed by atoms with Gasteiger partial charge in [0.1, 0.15) is 0 Å². The van der Waals surface area contributed by atoms with Crippen molar-refractivity contribution >= 4 is 16.9 Å². The molecule has 0 saturated carbocycles. The molecule has 0 radical (unpaired) electrons. The number of hydrogen-bond acceptors (Lipinski definition) is 4. The van der Waals surface area contributed by atoms with E-state index in [2.05, 4.69) is 15.4 Å². The number of amides is 1. The van der Waals surface area contributed by atoms with Gasteiger partial charge in [0.25, 0.3) is 5.91 Å². The van der Waals surface area contributed by atoms with E-state index in [4.69, 9.17) is 0 Å². The van der Waals surface area contributed by atoms with Crippen molar-refractivity contribution in [2.45, 2.75) is 26.4 Å². The third-order valence-electron chi connectivity index (χ3n) is 4.41. The number of hydrogen-bond donors (Lipinski definition) is 2. The van der Waals surface area contributed by atoms with Gasteiger partial charge in [-0.15, -0.1) is 0 Å². The Hall–Kier alpha value is -2.73. The number of fused-ring (bicyclic) bond motifs is 1. The third-order valence-corrected chi connectivity index (χ3v) is 4.41. The zero-order chi connectivity index (χ0) is 17.8. The van der Waals surface area contributed by atoms with Gasteiger partial charge < -0.3 is 10.4 Å². The van der Waals surface area contributed by atoms with E-state index < -0.39 is 0 Å². The van der Waals surface area contributed by atoms with E-state index in [1.54, 1.807) is 18.5 Å². The van der Waals surface area contributed by atoms with Crippen LogP contribution in [0.4, 0.5) is 0 Å². The highest BCUT2D eigenvalue weighted by atomic mass is 16.3. The normalized spacial score (nSPS) is 13.6. The van der Waals surface area contributed by atoms with Crippen molar-refractivity contribution < 1.29 is 9.90 Å². The van der Waals surface area contributed by atoms with Crippen molar-refractivity contribution in [1.82, 2.24) is 20.1 Å². The molecule has 2 N–H and O–H groups in total. The molecular formula is C19H22N4O2. The summed E-state index contributed by atoms with van der Waals surface area (Å²) >= 11 is 0. The number of carbonyl (C=O) groups excluding carboxylic acids is 1. The molecule has 130 valence electrons. The first-order valence-corrected chi connectivity index (χ1v) is 8.35. The minimum atomic E-state index is -0.196. The lowest BCUT2D eigenvalue weighted by atomic mass is 10.0. The monoisotopic (exact) mass is 338 g/mol. The van der Waals surface area contributed by atoms with Crippen LogP contribution in [0, 0.1) is 5.92 Å². The summed E-state index contributed by atoms with van der Waals surface area (Å²) < 4.78 is 1.82. The lowest BCUT2D eigenvalue weighted by Gasteiger charge is -2.19. The zero-order valence-electron chi connectivity index (χ0n) is 14.4. The summed E-state index contributed by atoms with van der Waals surface area (Å²) in [5.41, 5.74) is 2.38. The first-order chi connectivity index (χ1) is 12.1. The van der Waals surface area contributed by atoms with Crippen LogP contribution in [-0.4, -0.2) is 38.4 Å². The van der Waals surface area contributed by atoms with Crippen molar-refractivity contribution in [2.24, 2.45) is 5.92 Å². The van der Waals surface area contributed by atoms with Gasteiger partial charge in [-0.05, 0) is 24.5 Å². The number of aromatic nitrogens is 3. The maximum Gasteiger partial charge on any atom is 0.253 e. The van der Waals surface area contributed by atoms with Crippen LogP contribution in [0.15, 0.2) is 48.8 Å². The number of benzene rings is 1. The Morgan fingerprint density at radius 3 is 2.72 bits per heavy atom. The molecule has 2 unspecified atom stereocenters. The Kier molecular flexibility index (Phi) is 5.09. The van der Waals surface area contributed by atoms with Crippen molar-refractivity contribution in [3.63, 3.8) is 0 Å². The smallest absolute Gasteiger partial charge is 0.253 e. The van der Waals surface area contributed by atoms with Gasteiger partial charge >= 0.3 is 0 Å². The van der Waals surface area contributed by atoms with Crippen molar-refractivity contribution in [1.29, 1.82) is 0 Å². The second-order valence-electron chi connectivity index (χ2n) is 6.35. The van der Waals surface area contributed by atoms with E-state index in [0.717, 1.165) is 16.6 Å². The van der Waals surface area contributed by atoms with E-state index in [9.17, 15) is 9.90 Å². The Balaban J connectivity index is 1.78. The van der Waals surface area contributed by atoms with Crippen LogP contribution in [-0.2, 0) is 6.54 Å². The van der Waals surface area contributed by atoms with Crippen LogP contribution in [0.5, 0.6) is 0 Å². The van der Waals surface area contributed by atoms with Crippen LogP contribution in [0.3, 0.4) is 0 Å². The minimum absolute atomic E-state index is 0.00531. The van der Waals surface area contributed by atoms with Crippen LogP contribution < -0.4 is 5.32 Å². The summed E-state index contributed by atoms with van der Waals surface area (Å²) in [6.45, 7) is 4.43. The fourth-order valence-electron chi connectivity index (χ4n) is 2.56. The minimum Gasteiger partial charge on any atom is -0.396 e. The fourth-order valence-corrected chi connectivity index (χ4v) is 2.56. The molecule has 0 saturated heterocycles. The van der Waals surface area contributed by atoms with E-state index in [-0.39, 0.29) is 24.5 Å². The topological polar surface area (TPSA) is 80.0 Å². The lowest BCUT2D eigenvalue weighted by molar-refractivity contribution is 0.0916. The second-order valence-corrected chi connectivity index (χ2v) is 6.35. The summed E-state index contributed by atoms with van der Waals surface area (Å²) in [5, 5.41) is 17.3. The maximum atomic E-state index is 12.4. The predicted molar refractivity (Wildman–Crippen MR) is 96.3 cm³/mol. The number of nitrogens with zero attached hydrogens (tertiary/aromatic N) is 3. The van der Waals surface area contributed by atoms with Crippen molar-refractivity contribution in [3.05, 3.63) is 59.9 Å². The first-order valence-electron chi connectivity index (χ1n) is 8.35. The van der Waals surface area contributed by atoms with E-state index >= 15 is 0 Å². The molecule has 3 rings (SSSR count). The molecular weight excluding hydrogens is 316 g/mol. The fraction of sp³-hybridized carbons (Fsp3) is 0.316. The molecule has 2 heterocycles. The molecule has 1 aromatic carbocycles. The first kappa shape index (κ1) is 17.1. The molecule has 2 atom stereocenters. The highest BCUT2D eigenvalue weighted by Gasteiger charge is 2.16. The maximum absolute atomic E-state index is 12.4. The standard InChI is InChI=1S/C19H22N4O2/c1-13(12-24)14(2)22-19(25)17-8-16-10-21-23(18(16)20-9-17)11-15-6-4-3-5-7-15/h3-10,13-14,24H,11-12H2,1-2H3,(H,22,25). The number of aliphatic hydroxyl groups is 1. The van der Waals surface area contributed by atoms with Crippen LogP contribution in [0.1, 0.15) is 29.8 Å². The molecule has 0 fully saturated rings. The average Bonchev–Trinajstić information content (AvgIpc) is 3.03. The summed E-state index contributed by atoms with van der Waals surface area (Å²) in [6, 6.07) is 11.7. The molecule has 1 amide bonds. The number of rotatable bonds is 6. The number of pyridine rings is 1. The van der Waals surface area contributed by atoms with Gasteiger partial charge in [-0.1, -0.05) is 37.3 Å². The molecule has 0 spiro atoms. The second kappa shape index (κ2) is 7.44. The molecule has 25 heavy (non-hydrogen) atoms. The quantitative estimate of drug-likeness (QED) is 0.722. The van der Waals surface area contributed by atoms with E-state index in [0.29, 0.717) is 12.1 Å². The molecule has 0 aliphatic carbocycles. The SMILES string of the molecule is CC(CO)C(C)NC(=O)c1cnc2c(cnn2Cc2ccccc2)c1. The van der Waals surface area contributed by atoms with Crippen LogP contribution in [0.25, 0.3) is 11.0 Å². The molecule has 6 nitrogen and oxygen atoms in total. The molecule has 3 aromatic rings. The summed E-state index contributed by atoms with van der Waals surface area (Å²) in [4.78, 5) is 16.8. The highest BCUT2D eigenvalue weighted by molar-refractivity contribution is 5.96. The van der Waals surface area contributed by atoms with Crippen molar-refractivity contribution in [2.75, 3.05) is 6.61 Å². The summed E-state index contributed by atoms with van der Waals surface area (Å²) in [5.74, 6) is -0.202. The Morgan fingerprint density at radius 2 is 2.00 bits per heavy atom. The molecule has 0 bridgehead atoms. The number of aliphatic hydroxyl groups excluding tert-OH is 1. The number of carbonyl (C=O) groups is 1. The molecule has 0 aliphatic rings. The molecule has 6 heteroatoms. The van der Waals surface area contributed by atoms with Crippen molar-refractivity contribution in [3.8, 4) is 0 Å². The van der Waals surface area contributed by atoms with Gasteiger partial charge in [0.15, 0.2) is 5.65 Å². The van der Waals surface area contributed by atoms with Crippen LogP contribution in [0.2, 0.25) is 0 Å². The predicted octanol–water partition coefficient (Wildman–Crippen LogP) is 2.23. The van der Waals surface area contributed by atoms with Gasteiger partial charge in [-0.3, -0.25) is 4.79 Å². The highest BCUT2D eigenvalue weighted by Crippen LogP contribution is 2.15. The summed E-state index contributed by atoms with van der Waals surface area (Å²) in [7, 11) is 0. The molecule has 0 aliphatic heterocycles. The Morgan fingerprint density at radius 1 is 1.24 bits per heavy atom. The third kappa shape index (κ3) is 3.85. The van der Waals surface area contributed by atoms with Gasteiger partial charge in [-0.25, -0.2) is 9.67 Å². The largest absolute Gasteiger partial charge is 0.396 e. The summed E-state index contributed by atoms with van der Waals surface area (Å²) in [6.07, 6.45) is 3.29. The van der Waals surface area contributed by atoms with Crippen LogP contribution >= 0.6 is 0 Å². The zero-order valence-corrected chi connectivity index (χ0v) is 14.4.